The lowest BCUT2D eigenvalue weighted by Crippen LogP contribution is -2.46. The van der Waals surface area contributed by atoms with Crippen molar-refractivity contribution in [3.05, 3.63) is 51.5 Å². The van der Waals surface area contributed by atoms with Crippen molar-refractivity contribution in [2.45, 2.75) is 46.1 Å². The molecule has 1 amide bonds. The number of hydrogen-bond donors (Lipinski definition) is 1. The second-order valence-corrected chi connectivity index (χ2v) is 8.57. The molecule has 0 spiro atoms. The van der Waals surface area contributed by atoms with Crippen molar-refractivity contribution in [3.8, 4) is 0 Å². The van der Waals surface area contributed by atoms with Crippen LogP contribution < -0.4 is 5.32 Å². The van der Waals surface area contributed by atoms with Crippen molar-refractivity contribution in [3.63, 3.8) is 0 Å². The molecule has 1 aliphatic heterocycles. The molecule has 1 aliphatic rings. The molecule has 2 unspecified atom stereocenters. The molecule has 1 fully saturated rings. The summed E-state index contributed by atoms with van der Waals surface area (Å²) in [7, 11) is 0. The highest BCUT2D eigenvalue weighted by molar-refractivity contribution is 7.13. The number of rotatable bonds is 6. The van der Waals surface area contributed by atoms with Crippen LogP contribution in [-0.4, -0.2) is 41.5 Å². The number of nitrogens with one attached hydrogen (secondary N) is 1. The van der Waals surface area contributed by atoms with Gasteiger partial charge in [0.25, 0.3) is 5.91 Å². The Morgan fingerprint density at radius 2 is 2.15 bits per heavy atom. The van der Waals surface area contributed by atoms with Crippen LogP contribution in [0.2, 0.25) is 0 Å². The number of nitrogens with zero attached hydrogens (tertiary/aromatic N) is 2. The predicted molar refractivity (Wildman–Crippen MR) is 108 cm³/mol. The van der Waals surface area contributed by atoms with Crippen molar-refractivity contribution in [1.82, 2.24) is 15.2 Å². The van der Waals surface area contributed by atoms with E-state index in [1.54, 1.807) is 0 Å². The molecule has 2 atom stereocenters. The maximum absolute atomic E-state index is 12.6. The molecule has 2 aromatic rings. The van der Waals surface area contributed by atoms with Gasteiger partial charge in [0.15, 0.2) is 0 Å². The van der Waals surface area contributed by atoms with Crippen molar-refractivity contribution < 1.29 is 4.79 Å². The van der Waals surface area contributed by atoms with Gasteiger partial charge in [-0.1, -0.05) is 37.3 Å². The van der Waals surface area contributed by atoms with Gasteiger partial charge in [-0.2, -0.15) is 0 Å². The summed E-state index contributed by atoms with van der Waals surface area (Å²) in [5.74, 6) is 0.766. The number of benzene rings is 1. The molecule has 5 heteroatoms. The van der Waals surface area contributed by atoms with Gasteiger partial charge in [-0.05, 0) is 44.7 Å². The Morgan fingerprint density at radius 3 is 2.88 bits per heavy atom. The van der Waals surface area contributed by atoms with Crippen LogP contribution in [0.15, 0.2) is 30.3 Å². The molecule has 1 aromatic heterocycles. The molecule has 26 heavy (non-hydrogen) atoms. The van der Waals surface area contributed by atoms with Gasteiger partial charge >= 0.3 is 0 Å². The van der Waals surface area contributed by atoms with Gasteiger partial charge in [-0.15, -0.1) is 11.3 Å². The van der Waals surface area contributed by atoms with Crippen molar-refractivity contribution in [2.24, 2.45) is 5.92 Å². The SMILES string of the molecule is Cc1nc(Cc2ccccc2)sc1C(=O)NCC(C)N1CCCC(C)C1. The Morgan fingerprint density at radius 1 is 1.38 bits per heavy atom. The van der Waals surface area contributed by atoms with E-state index in [9.17, 15) is 4.79 Å². The highest BCUT2D eigenvalue weighted by Crippen LogP contribution is 2.21. The summed E-state index contributed by atoms with van der Waals surface area (Å²) in [5.41, 5.74) is 2.05. The molecule has 140 valence electrons. The Balaban J connectivity index is 1.56. The first-order valence-electron chi connectivity index (χ1n) is 9.55. The first-order chi connectivity index (χ1) is 12.5. The van der Waals surface area contributed by atoms with Gasteiger partial charge in [0, 0.05) is 25.6 Å². The van der Waals surface area contributed by atoms with E-state index in [1.807, 2.05) is 25.1 Å². The highest BCUT2D eigenvalue weighted by atomic mass is 32.1. The third kappa shape index (κ3) is 4.92. The van der Waals surface area contributed by atoms with E-state index in [2.05, 4.69) is 41.2 Å². The van der Waals surface area contributed by atoms with Crippen molar-refractivity contribution >= 4 is 17.2 Å². The zero-order chi connectivity index (χ0) is 18.5. The molecule has 3 rings (SSSR count). The fraction of sp³-hybridized carbons (Fsp3) is 0.524. The minimum atomic E-state index is 0.0104. The fourth-order valence-electron chi connectivity index (χ4n) is 3.58. The summed E-state index contributed by atoms with van der Waals surface area (Å²) < 4.78 is 0. The van der Waals surface area contributed by atoms with Gasteiger partial charge in [-0.25, -0.2) is 4.98 Å². The minimum Gasteiger partial charge on any atom is -0.350 e. The number of aryl methyl sites for hydroxylation is 1. The summed E-state index contributed by atoms with van der Waals surface area (Å²) in [5, 5.41) is 4.12. The molecule has 1 N–H and O–H groups in total. The average molecular weight is 372 g/mol. The Kier molecular flexibility index (Phi) is 6.43. The molecule has 1 saturated heterocycles. The lowest BCUT2D eigenvalue weighted by atomic mass is 9.99. The van der Waals surface area contributed by atoms with E-state index in [1.165, 1.54) is 29.7 Å². The number of likely N-dealkylation sites (tertiary alicyclic amines) is 1. The number of hydrogen-bond acceptors (Lipinski definition) is 4. The van der Waals surface area contributed by atoms with Gasteiger partial charge in [0.05, 0.1) is 10.7 Å². The van der Waals surface area contributed by atoms with Gasteiger partial charge in [-0.3, -0.25) is 9.69 Å². The number of aromatic nitrogens is 1. The summed E-state index contributed by atoms with van der Waals surface area (Å²) >= 11 is 1.51. The van der Waals surface area contributed by atoms with Gasteiger partial charge in [0.1, 0.15) is 4.88 Å². The summed E-state index contributed by atoms with van der Waals surface area (Å²) in [6.45, 7) is 9.41. The summed E-state index contributed by atoms with van der Waals surface area (Å²) in [6.07, 6.45) is 3.36. The van der Waals surface area contributed by atoms with E-state index in [-0.39, 0.29) is 5.91 Å². The molecular formula is C21H29N3OS. The second-order valence-electron chi connectivity index (χ2n) is 7.49. The van der Waals surface area contributed by atoms with Crippen LogP contribution in [0, 0.1) is 12.8 Å². The van der Waals surface area contributed by atoms with E-state index < -0.39 is 0 Å². The minimum absolute atomic E-state index is 0.0104. The maximum Gasteiger partial charge on any atom is 0.263 e. The molecule has 0 saturated carbocycles. The number of thiazole rings is 1. The van der Waals surface area contributed by atoms with Gasteiger partial charge in [0.2, 0.25) is 0 Å². The van der Waals surface area contributed by atoms with E-state index in [4.69, 9.17) is 0 Å². The molecule has 1 aromatic carbocycles. The topological polar surface area (TPSA) is 45.2 Å². The zero-order valence-corrected chi connectivity index (χ0v) is 16.8. The van der Waals surface area contributed by atoms with Crippen LogP contribution in [0.25, 0.3) is 0 Å². The third-order valence-corrected chi connectivity index (χ3v) is 6.27. The monoisotopic (exact) mass is 371 g/mol. The molecule has 0 bridgehead atoms. The van der Waals surface area contributed by atoms with E-state index >= 15 is 0 Å². The standard InChI is InChI=1S/C21H29N3OS/c1-15-8-7-11-24(14-15)16(2)13-22-21(25)20-17(3)23-19(26-20)12-18-9-5-4-6-10-18/h4-6,9-10,15-16H,7-8,11-14H2,1-3H3,(H,22,25). The quantitative estimate of drug-likeness (QED) is 0.838. The average Bonchev–Trinajstić information content (AvgIpc) is 3.00. The van der Waals surface area contributed by atoms with E-state index in [0.717, 1.165) is 41.0 Å². The van der Waals surface area contributed by atoms with Crippen molar-refractivity contribution in [1.29, 1.82) is 0 Å². The second kappa shape index (κ2) is 8.78. The van der Waals surface area contributed by atoms with Crippen LogP contribution in [-0.2, 0) is 6.42 Å². The molecule has 0 radical (unpaired) electrons. The molecular weight excluding hydrogens is 342 g/mol. The van der Waals surface area contributed by atoms with E-state index in [0.29, 0.717) is 12.6 Å². The Hall–Kier alpha value is -1.72. The lowest BCUT2D eigenvalue weighted by Gasteiger charge is -2.35. The Labute approximate surface area is 160 Å². The third-order valence-electron chi connectivity index (χ3n) is 5.12. The fourth-order valence-corrected chi connectivity index (χ4v) is 4.60. The van der Waals surface area contributed by atoms with Crippen LogP contribution in [0.3, 0.4) is 0 Å². The first-order valence-corrected chi connectivity index (χ1v) is 10.4. The predicted octanol–water partition coefficient (Wildman–Crippen LogP) is 3.89. The largest absolute Gasteiger partial charge is 0.350 e. The first kappa shape index (κ1) is 19.1. The van der Waals surface area contributed by atoms with Crippen LogP contribution in [0.5, 0.6) is 0 Å². The van der Waals surface area contributed by atoms with Crippen LogP contribution >= 0.6 is 11.3 Å². The normalized spacial score (nSPS) is 19.3. The number of carbonyl (C=O) groups is 1. The van der Waals surface area contributed by atoms with Crippen LogP contribution in [0.1, 0.15) is 52.6 Å². The number of amides is 1. The summed E-state index contributed by atoms with van der Waals surface area (Å²) in [4.78, 5) is 20.5. The molecule has 2 heterocycles. The van der Waals surface area contributed by atoms with Crippen LogP contribution in [0.4, 0.5) is 0 Å². The molecule has 0 aliphatic carbocycles. The lowest BCUT2D eigenvalue weighted by molar-refractivity contribution is 0.0920. The molecule has 4 nitrogen and oxygen atoms in total. The Bertz CT molecular complexity index is 728. The summed E-state index contributed by atoms with van der Waals surface area (Å²) in [6, 6.07) is 10.6. The highest BCUT2D eigenvalue weighted by Gasteiger charge is 2.22. The van der Waals surface area contributed by atoms with Gasteiger partial charge < -0.3 is 5.32 Å². The van der Waals surface area contributed by atoms with Crippen molar-refractivity contribution in [2.75, 3.05) is 19.6 Å². The zero-order valence-electron chi connectivity index (χ0n) is 16.0. The number of piperidine rings is 1. The number of carbonyl (C=O) groups excluding carboxylic acids is 1. The smallest absolute Gasteiger partial charge is 0.263 e. The maximum atomic E-state index is 12.6.